The molecule has 2 aliphatic rings. The fourth-order valence-corrected chi connectivity index (χ4v) is 4.60. The molecule has 0 bridgehead atoms. The van der Waals surface area contributed by atoms with Crippen LogP contribution in [0.15, 0.2) is 36.4 Å². The van der Waals surface area contributed by atoms with Gasteiger partial charge in [0.2, 0.25) is 0 Å². The van der Waals surface area contributed by atoms with Crippen molar-refractivity contribution in [2.24, 2.45) is 5.92 Å². The first kappa shape index (κ1) is 30.1. The average Bonchev–Trinajstić information content (AvgIpc) is 3.29. The van der Waals surface area contributed by atoms with Crippen molar-refractivity contribution in [3.8, 4) is 5.75 Å². The molecule has 0 aliphatic carbocycles. The standard InChI is InChI=1S/C28H37F3O7/c1-34-26(33)12-5-3-2-4-11-24-23(25(19-37-24)38-27-13-6-7-16-35-27)15-14-21(32)18-36-22-10-8-9-20(17-22)28(29,30)31/h8-10,14-15,17,23-25,27H,2-7,11-13,16,18-19H2,1H3/t23-,24-,25-,27?/m0/s1. The lowest BCUT2D eigenvalue weighted by Gasteiger charge is -2.28. The molecule has 2 heterocycles. The summed E-state index contributed by atoms with van der Waals surface area (Å²) >= 11 is 0. The summed E-state index contributed by atoms with van der Waals surface area (Å²) in [6, 6.07) is 4.44. The van der Waals surface area contributed by atoms with Crippen molar-refractivity contribution in [1.29, 1.82) is 0 Å². The lowest BCUT2D eigenvalue weighted by Crippen LogP contribution is -2.33. The zero-order valence-corrected chi connectivity index (χ0v) is 21.8. The summed E-state index contributed by atoms with van der Waals surface area (Å²) in [6.45, 7) is 0.656. The summed E-state index contributed by atoms with van der Waals surface area (Å²) in [4.78, 5) is 23.7. The molecule has 0 amide bonds. The highest BCUT2D eigenvalue weighted by Crippen LogP contribution is 2.32. The first-order valence-electron chi connectivity index (χ1n) is 13.2. The Kier molecular flexibility index (Phi) is 12.1. The van der Waals surface area contributed by atoms with E-state index in [9.17, 15) is 22.8 Å². The van der Waals surface area contributed by atoms with E-state index in [1.165, 1.54) is 25.3 Å². The van der Waals surface area contributed by atoms with E-state index >= 15 is 0 Å². The molecular formula is C28H37F3O7. The Morgan fingerprint density at radius 3 is 2.66 bits per heavy atom. The maximum absolute atomic E-state index is 12.9. The number of rotatable bonds is 14. The Bertz CT molecular complexity index is 912. The predicted molar refractivity (Wildman–Crippen MR) is 132 cm³/mol. The summed E-state index contributed by atoms with van der Waals surface area (Å²) in [7, 11) is 1.38. The first-order chi connectivity index (χ1) is 18.3. The van der Waals surface area contributed by atoms with Crippen LogP contribution in [0.2, 0.25) is 0 Å². The molecule has 2 saturated heterocycles. The Morgan fingerprint density at radius 2 is 1.92 bits per heavy atom. The molecule has 1 aromatic rings. The number of ether oxygens (including phenoxy) is 5. The number of carbonyl (C=O) groups is 2. The highest BCUT2D eigenvalue weighted by atomic mass is 19.4. The van der Waals surface area contributed by atoms with Crippen LogP contribution >= 0.6 is 0 Å². The summed E-state index contributed by atoms with van der Waals surface area (Å²) in [5, 5.41) is 0. The topological polar surface area (TPSA) is 80.3 Å². The Labute approximate surface area is 221 Å². The molecule has 1 unspecified atom stereocenters. The molecule has 0 spiro atoms. The van der Waals surface area contributed by atoms with Gasteiger partial charge < -0.3 is 23.7 Å². The monoisotopic (exact) mass is 542 g/mol. The molecular weight excluding hydrogens is 505 g/mol. The molecule has 0 radical (unpaired) electrons. The van der Waals surface area contributed by atoms with Gasteiger partial charge in [-0.3, -0.25) is 9.59 Å². The van der Waals surface area contributed by atoms with Crippen molar-refractivity contribution < 1.29 is 46.4 Å². The van der Waals surface area contributed by atoms with Gasteiger partial charge in [-0.05, 0) is 56.4 Å². The van der Waals surface area contributed by atoms with Gasteiger partial charge >= 0.3 is 12.1 Å². The highest BCUT2D eigenvalue weighted by molar-refractivity contribution is 5.91. The molecule has 1 aromatic carbocycles. The zero-order chi connectivity index (χ0) is 27.4. The molecule has 0 saturated carbocycles. The van der Waals surface area contributed by atoms with Gasteiger partial charge in [0, 0.05) is 18.9 Å². The summed E-state index contributed by atoms with van der Waals surface area (Å²) < 4.78 is 66.6. The molecule has 2 fully saturated rings. The second-order valence-electron chi connectivity index (χ2n) is 9.59. The SMILES string of the molecule is COC(=O)CCCCCC[C@@H]1OC[C@H](OC2CCCCO2)[C@H]1C=CC(=O)COc1cccc(C(F)(F)F)c1. The normalized spacial score (nSPS) is 24.0. The molecule has 2 aliphatic heterocycles. The van der Waals surface area contributed by atoms with Gasteiger partial charge in [-0.1, -0.05) is 31.4 Å². The smallest absolute Gasteiger partial charge is 0.416 e. The molecule has 3 rings (SSSR count). The third kappa shape index (κ3) is 10.0. The van der Waals surface area contributed by atoms with Crippen LogP contribution in [0.4, 0.5) is 13.2 Å². The molecule has 7 nitrogen and oxygen atoms in total. The molecule has 38 heavy (non-hydrogen) atoms. The van der Waals surface area contributed by atoms with Gasteiger partial charge in [-0.2, -0.15) is 13.2 Å². The van der Waals surface area contributed by atoms with Crippen molar-refractivity contribution in [2.45, 2.75) is 82.5 Å². The van der Waals surface area contributed by atoms with Crippen LogP contribution in [-0.4, -0.2) is 57.2 Å². The minimum atomic E-state index is -4.49. The molecule has 0 aromatic heterocycles. The van der Waals surface area contributed by atoms with Crippen LogP contribution in [0.1, 0.15) is 63.4 Å². The minimum absolute atomic E-state index is 0.0218. The minimum Gasteiger partial charge on any atom is -0.485 e. The zero-order valence-electron chi connectivity index (χ0n) is 21.8. The second-order valence-corrected chi connectivity index (χ2v) is 9.59. The van der Waals surface area contributed by atoms with E-state index in [2.05, 4.69) is 4.74 Å². The maximum atomic E-state index is 12.9. The van der Waals surface area contributed by atoms with Gasteiger partial charge in [0.25, 0.3) is 0 Å². The van der Waals surface area contributed by atoms with E-state index in [0.717, 1.165) is 63.5 Å². The van der Waals surface area contributed by atoms with Crippen molar-refractivity contribution >= 4 is 11.8 Å². The van der Waals surface area contributed by atoms with E-state index in [0.29, 0.717) is 19.6 Å². The second kappa shape index (κ2) is 15.2. The van der Waals surface area contributed by atoms with Gasteiger partial charge in [0.1, 0.15) is 5.75 Å². The van der Waals surface area contributed by atoms with E-state index < -0.39 is 11.7 Å². The van der Waals surface area contributed by atoms with Crippen LogP contribution < -0.4 is 4.74 Å². The molecule has 0 N–H and O–H groups in total. The van der Waals surface area contributed by atoms with E-state index in [4.69, 9.17) is 18.9 Å². The number of unbranched alkanes of at least 4 members (excludes halogenated alkanes) is 3. The Morgan fingerprint density at radius 1 is 1.11 bits per heavy atom. The Balaban J connectivity index is 1.53. The van der Waals surface area contributed by atoms with Crippen molar-refractivity contribution in [2.75, 3.05) is 26.9 Å². The number of esters is 1. The van der Waals surface area contributed by atoms with Gasteiger partial charge in [0.15, 0.2) is 18.7 Å². The third-order valence-corrected chi connectivity index (χ3v) is 6.69. The largest absolute Gasteiger partial charge is 0.485 e. The summed E-state index contributed by atoms with van der Waals surface area (Å²) in [5.41, 5.74) is -0.834. The van der Waals surface area contributed by atoms with Crippen LogP contribution in [0, 0.1) is 5.92 Å². The molecule has 212 valence electrons. The van der Waals surface area contributed by atoms with Crippen LogP contribution in [0.5, 0.6) is 5.75 Å². The number of benzene rings is 1. The number of hydrogen-bond donors (Lipinski definition) is 0. The maximum Gasteiger partial charge on any atom is 0.416 e. The van der Waals surface area contributed by atoms with Crippen LogP contribution in [-0.2, 0) is 34.7 Å². The van der Waals surface area contributed by atoms with Gasteiger partial charge in [0.05, 0.1) is 31.5 Å². The van der Waals surface area contributed by atoms with E-state index in [-0.39, 0.29) is 48.5 Å². The van der Waals surface area contributed by atoms with E-state index in [1.54, 1.807) is 6.08 Å². The molecule has 4 atom stereocenters. The van der Waals surface area contributed by atoms with Gasteiger partial charge in [-0.15, -0.1) is 0 Å². The van der Waals surface area contributed by atoms with Crippen LogP contribution in [0.3, 0.4) is 0 Å². The van der Waals surface area contributed by atoms with E-state index in [1.807, 2.05) is 0 Å². The lowest BCUT2D eigenvalue weighted by atomic mass is 9.93. The average molecular weight is 543 g/mol. The quantitative estimate of drug-likeness (QED) is 0.171. The summed E-state index contributed by atoms with van der Waals surface area (Å²) in [6.07, 6.45) is 5.49. The summed E-state index contributed by atoms with van der Waals surface area (Å²) in [5.74, 6) is -0.774. The number of carbonyl (C=O) groups excluding carboxylic acids is 2. The number of ketones is 1. The molecule has 10 heteroatoms. The van der Waals surface area contributed by atoms with Gasteiger partial charge in [-0.25, -0.2) is 0 Å². The lowest BCUT2D eigenvalue weighted by molar-refractivity contribution is -0.191. The Hall–Kier alpha value is -2.43. The fourth-order valence-electron chi connectivity index (χ4n) is 4.60. The number of alkyl halides is 3. The predicted octanol–water partition coefficient (Wildman–Crippen LogP) is 5.65. The number of hydrogen-bond acceptors (Lipinski definition) is 7. The highest BCUT2D eigenvalue weighted by Gasteiger charge is 2.38. The fraction of sp³-hybridized carbons (Fsp3) is 0.643. The number of methoxy groups -OCH3 is 1. The number of halogens is 3. The van der Waals surface area contributed by atoms with Crippen molar-refractivity contribution in [1.82, 2.24) is 0 Å². The van der Waals surface area contributed by atoms with Crippen LogP contribution in [0.25, 0.3) is 0 Å². The third-order valence-electron chi connectivity index (χ3n) is 6.69. The van der Waals surface area contributed by atoms with Crippen molar-refractivity contribution in [3.05, 3.63) is 42.0 Å². The first-order valence-corrected chi connectivity index (χ1v) is 13.2. The van der Waals surface area contributed by atoms with Crippen molar-refractivity contribution in [3.63, 3.8) is 0 Å².